The summed E-state index contributed by atoms with van der Waals surface area (Å²) >= 11 is 0. The van der Waals surface area contributed by atoms with Gasteiger partial charge in [0.1, 0.15) is 5.82 Å². The molecule has 0 amide bonds. The predicted octanol–water partition coefficient (Wildman–Crippen LogP) is 2.45. The van der Waals surface area contributed by atoms with Crippen molar-refractivity contribution < 1.29 is 22.7 Å². The molecule has 1 saturated carbocycles. The molecule has 1 aliphatic carbocycles. The zero-order valence-electron chi connectivity index (χ0n) is 12.8. The second-order valence-electron chi connectivity index (χ2n) is 6.44. The van der Waals surface area contributed by atoms with Crippen molar-refractivity contribution in [2.45, 2.75) is 50.5 Å². The fourth-order valence-corrected chi connectivity index (χ4v) is 4.46. The molecule has 1 fully saturated rings. The molecule has 22 heavy (non-hydrogen) atoms. The number of sulfonamides is 1. The van der Waals surface area contributed by atoms with Crippen LogP contribution in [0.3, 0.4) is 0 Å². The highest BCUT2D eigenvalue weighted by Crippen LogP contribution is 2.47. The van der Waals surface area contributed by atoms with Crippen molar-refractivity contribution in [2.24, 2.45) is 5.41 Å². The fraction of sp³-hybridized carbons (Fsp3) is 0.533. The van der Waals surface area contributed by atoms with Crippen LogP contribution < -0.4 is 4.72 Å². The lowest BCUT2D eigenvalue weighted by Crippen LogP contribution is -2.64. The Labute approximate surface area is 129 Å². The number of hydrogen-bond donors (Lipinski definition) is 2. The van der Waals surface area contributed by atoms with Crippen LogP contribution in [0, 0.1) is 18.2 Å². The van der Waals surface area contributed by atoms with E-state index in [4.69, 9.17) is 0 Å². The van der Waals surface area contributed by atoms with Gasteiger partial charge in [-0.1, -0.05) is 0 Å². The number of hydrogen-bond acceptors (Lipinski definition) is 3. The number of carboxylic acids is 1. The minimum absolute atomic E-state index is 0.183. The van der Waals surface area contributed by atoms with Gasteiger partial charge in [-0.05, 0) is 63.8 Å². The average Bonchev–Trinajstić information content (AvgIpc) is 2.32. The van der Waals surface area contributed by atoms with Gasteiger partial charge in [-0.3, -0.25) is 4.79 Å². The highest BCUT2D eigenvalue weighted by Gasteiger charge is 2.55. The van der Waals surface area contributed by atoms with Gasteiger partial charge in [-0.15, -0.1) is 0 Å². The van der Waals surface area contributed by atoms with Crippen LogP contribution in [-0.2, 0) is 14.8 Å². The maximum Gasteiger partial charge on any atom is 0.310 e. The molecular formula is C15H20FNO4S. The third-order valence-corrected chi connectivity index (χ3v) is 6.11. The Bertz CT molecular complexity index is 688. The molecule has 0 aromatic heterocycles. The van der Waals surface area contributed by atoms with Crippen molar-refractivity contribution in [3.05, 3.63) is 29.6 Å². The third-order valence-electron chi connectivity index (χ3n) is 4.59. The summed E-state index contributed by atoms with van der Waals surface area (Å²) in [6, 6.07) is 3.54. The van der Waals surface area contributed by atoms with E-state index in [2.05, 4.69) is 4.72 Å². The van der Waals surface area contributed by atoms with Gasteiger partial charge in [0.05, 0.1) is 10.3 Å². The molecule has 0 spiro atoms. The van der Waals surface area contributed by atoms with E-state index in [-0.39, 0.29) is 4.90 Å². The Morgan fingerprint density at radius 1 is 1.32 bits per heavy atom. The molecule has 1 aliphatic rings. The fourth-order valence-electron chi connectivity index (χ4n) is 2.76. The lowest BCUT2D eigenvalue weighted by atomic mass is 9.61. The van der Waals surface area contributed by atoms with Crippen LogP contribution in [0.4, 0.5) is 4.39 Å². The zero-order chi connectivity index (χ0) is 16.8. The van der Waals surface area contributed by atoms with E-state index in [0.717, 1.165) is 12.5 Å². The highest BCUT2D eigenvalue weighted by atomic mass is 32.2. The minimum atomic E-state index is -3.99. The predicted molar refractivity (Wildman–Crippen MR) is 79.5 cm³/mol. The number of aryl methyl sites for hydroxylation is 1. The van der Waals surface area contributed by atoms with E-state index in [9.17, 15) is 22.7 Å². The lowest BCUT2D eigenvalue weighted by Gasteiger charge is -2.50. The van der Waals surface area contributed by atoms with Gasteiger partial charge in [0.2, 0.25) is 10.0 Å². The second-order valence-corrected chi connectivity index (χ2v) is 8.12. The number of benzene rings is 1. The van der Waals surface area contributed by atoms with Crippen LogP contribution in [-0.4, -0.2) is 25.0 Å². The smallest absolute Gasteiger partial charge is 0.310 e. The first-order chi connectivity index (χ1) is 10.0. The molecule has 0 radical (unpaired) electrons. The van der Waals surface area contributed by atoms with Crippen molar-refractivity contribution in [2.75, 3.05) is 0 Å². The molecule has 0 heterocycles. The molecule has 2 rings (SSSR count). The molecule has 0 atom stereocenters. The molecule has 0 aliphatic heterocycles. The van der Waals surface area contributed by atoms with Gasteiger partial charge < -0.3 is 5.11 Å². The summed E-state index contributed by atoms with van der Waals surface area (Å²) in [6.45, 7) is 4.62. The first-order valence-electron chi connectivity index (χ1n) is 7.05. The maximum atomic E-state index is 13.5. The van der Waals surface area contributed by atoms with Crippen molar-refractivity contribution in [1.29, 1.82) is 0 Å². The SMILES string of the molecule is Cc1cc(F)cc(S(=O)(=O)NC2(C(C)(C)C(=O)O)CCC2)c1. The van der Waals surface area contributed by atoms with Gasteiger partial charge in [0.25, 0.3) is 0 Å². The average molecular weight is 329 g/mol. The van der Waals surface area contributed by atoms with Crippen molar-refractivity contribution in [3.8, 4) is 0 Å². The van der Waals surface area contributed by atoms with Gasteiger partial charge in [0, 0.05) is 5.54 Å². The number of carbonyl (C=O) groups is 1. The Kier molecular flexibility index (Phi) is 4.08. The van der Waals surface area contributed by atoms with Crippen molar-refractivity contribution in [3.63, 3.8) is 0 Å². The van der Waals surface area contributed by atoms with E-state index in [1.54, 1.807) is 6.92 Å². The molecule has 5 nitrogen and oxygen atoms in total. The Morgan fingerprint density at radius 3 is 2.32 bits per heavy atom. The quantitative estimate of drug-likeness (QED) is 0.869. The standard InChI is InChI=1S/C15H20FNO4S/c1-10-7-11(16)9-12(8-10)22(20,21)17-15(5-4-6-15)14(2,3)13(18)19/h7-9,17H,4-6H2,1-3H3,(H,18,19). The molecule has 0 unspecified atom stereocenters. The lowest BCUT2D eigenvalue weighted by molar-refractivity contribution is -0.154. The summed E-state index contributed by atoms with van der Waals surface area (Å²) in [6.07, 6.45) is 1.64. The first kappa shape index (κ1) is 16.9. The maximum absolute atomic E-state index is 13.5. The normalized spacial score (nSPS) is 17.8. The molecule has 7 heteroatoms. The number of aliphatic carboxylic acids is 1. The molecule has 1 aromatic carbocycles. The Morgan fingerprint density at radius 2 is 1.91 bits per heavy atom. The van der Waals surface area contributed by atoms with E-state index in [1.807, 2.05) is 0 Å². The molecule has 0 bridgehead atoms. The second kappa shape index (κ2) is 5.31. The van der Waals surface area contributed by atoms with Gasteiger partial charge in [0.15, 0.2) is 0 Å². The van der Waals surface area contributed by atoms with Crippen LogP contribution >= 0.6 is 0 Å². The van der Waals surface area contributed by atoms with Gasteiger partial charge >= 0.3 is 5.97 Å². The summed E-state index contributed by atoms with van der Waals surface area (Å²) in [7, 11) is -3.99. The molecular weight excluding hydrogens is 309 g/mol. The molecule has 2 N–H and O–H groups in total. The summed E-state index contributed by atoms with van der Waals surface area (Å²) < 4.78 is 41.1. The number of carboxylic acid groups (broad SMARTS) is 1. The van der Waals surface area contributed by atoms with Crippen molar-refractivity contribution >= 4 is 16.0 Å². The molecule has 1 aromatic rings. The van der Waals surface area contributed by atoms with Crippen LogP contribution in [0.1, 0.15) is 38.7 Å². The van der Waals surface area contributed by atoms with Crippen LogP contribution in [0.2, 0.25) is 0 Å². The Hall–Kier alpha value is -1.47. The van der Waals surface area contributed by atoms with Crippen LogP contribution in [0.15, 0.2) is 23.1 Å². The number of nitrogens with one attached hydrogen (secondary N) is 1. The summed E-state index contributed by atoms with van der Waals surface area (Å²) in [5, 5.41) is 9.40. The third kappa shape index (κ3) is 2.75. The first-order valence-corrected chi connectivity index (χ1v) is 8.53. The van der Waals surface area contributed by atoms with Crippen LogP contribution in [0.5, 0.6) is 0 Å². The van der Waals surface area contributed by atoms with Crippen molar-refractivity contribution in [1.82, 2.24) is 4.72 Å². The number of rotatable bonds is 5. The Balaban J connectivity index is 2.41. The highest BCUT2D eigenvalue weighted by molar-refractivity contribution is 7.89. The van der Waals surface area contributed by atoms with Gasteiger partial charge in [-0.25, -0.2) is 17.5 Å². The topological polar surface area (TPSA) is 83.5 Å². The number of halogens is 1. The van der Waals surface area contributed by atoms with E-state index in [0.29, 0.717) is 18.4 Å². The van der Waals surface area contributed by atoms with Crippen LogP contribution in [0.25, 0.3) is 0 Å². The summed E-state index contributed by atoms with van der Waals surface area (Å²) in [4.78, 5) is 11.3. The zero-order valence-corrected chi connectivity index (χ0v) is 13.6. The van der Waals surface area contributed by atoms with E-state index in [1.165, 1.54) is 26.0 Å². The molecule has 122 valence electrons. The minimum Gasteiger partial charge on any atom is -0.481 e. The summed E-state index contributed by atoms with van der Waals surface area (Å²) in [5.41, 5.74) is -1.81. The van der Waals surface area contributed by atoms with Gasteiger partial charge in [-0.2, -0.15) is 0 Å². The van der Waals surface area contributed by atoms with E-state index >= 15 is 0 Å². The van der Waals surface area contributed by atoms with E-state index < -0.39 is 32.8 Å². The monoisotopic (exact) mass is 329 g/mol. The molecule has 0 saturated heterocycles. The summed E-state index contributed by atoms with van der Waals surface area (Å²) in [5.74, 6) is -1.70. The largest absolute Gasteiger partial charge is 0.481 e.